The molecule has 1 aliphatic heterocycles. The van der Waals surface area contributed by atoms with Gasteiger partial charge in [0.25, 0.3) is 0 Å². The van der Waals surface area contributed by atoms with Crippen LogP contribution in [0.4, 0.5) is 5.69 Å². The van der Waals surface area contributed by atoms with E-state index < -0.39 is 0 Å². The van der Waals surface area contributed by atoms with Crippen LogP contribution in [0.1, 0.15) is 37.3 Å². The van der Waals surface area contributed by atoms with Crippen LogP contribution in [0.3, 0.4) is 0 Å². The summed E-state index contributed by atoms with van der Waals surface area (Å²) in [5.41, 5.74) is 4.22. The zero-order chi connectivity index (χ0) is 12.3. The second-order valence-electron chi connectivity index (χ2n) is 5.29. The van der Waals surface area contributed by atoms with Gasteiger partial charge in [0.15, 0.2) is 0 Å². The topological polar surface area (TPSA) is 3.24 Å². The zero-order valence-corrected chi connectivity index (χ0v) is 12.5. The fourth-order valence-electron chi connectivity index (χ4n) is 2.63. The molecule has 0 saturated carbocycles. The number of hydrogen-bond acceptors (Lipinski definition) is 1. The summed E-state index contributed by atoms with van der Waals surface area (Å²) in [5, 5.41) is 0.954. The Labute approximate surface area is 113 Å². The quantitative estimate of drug-likeness (QED) is 0.725. The molecule has 0 spiro atoms. The van der Waals surface area contributed by atoms with E-state index in [1.807, 2.05) is 0 Å². The third kappa shape index (κ3) is 3.25. The molecule has 1 heterocycles. The lowest BCUT2D eigenvalue weighted by atomic mass is 10.0. The highest BCUT2D eigenvalue weighted by atomic mass is 79.9. The van der Waals surface area contributed by atoms with Gasteiger partial charge in [0.1, 0.15) is 0 Å². The lowest BCUT2D eigenvalue weighted by Gasteiger charge is -2.25. The van der Waals surface area contributed by atoms with E-state index in [0.717, 1.165) is 11.2 Å². The second-order valence-corrected chi connectivity index (χ2v) is 5.85. The molecule has 1 aromatic carbocycles. The van der Waals surface area contributed by atoms with Crippen molar-refractivity contribution in [3.8, 4) is 0 Å². The van der Waals surface area contributed by atoms with Crippen LogP contribution in [0.15, 0.2) is 18.2 Å². The molecule has 0 aromatic heterocycles. The molecule has 1 nitrogen and oxygen atoms in total. The lowest BCUT2D eigenvalue weighted by Crippen LogP contribution is -2.25. The Hall–Kier alpha value is -0.500. The molecule has 0 aliphatic carbocycles. The Morgan fingerprint density at radius 1 is 1.29 bits per heavy atom. The molecule has 17 heavy (non-hydrogen) atoms. The Morgan fingerprint density at radius 2 is 2.12 bits per heavy atom. The second kappa shape index (κ2) is 5.90. The van der Waals surface area contributed by atoms with Crippen molar-refractivity contribution >= 4 is 21.6 Å². The van der Waals surface area contributed by atoms with E-state index in [4.69, 9.17) is 0 Å². The number of nitrogens with zero attached hydrogens (tertiary/aromatic N) is 1. The fraction of sp³-hybridized carbons (Fsp3) is 0.600. The van der Waals surface area contributed by atoms with Gasteiger partial charge in [-0.1, -0.05) is 40.5 Å². The van der Waals surface area contributed by atoms with Gasteiger partial charge in [0, 0.05) is 24.1 Å². The Balaban J connectivity index is 2.20. The summed E-state index contributed by atoms with van der Waals surface area (Å²) < 4.78 is 0. The van der Waals surface area contributed by atoms with Gasteiger partial charge in [0.05, 0.1) is 0 Å². The lowest BCUT2D eigenvalue weighted by molar-refractivity contribution is 0.521. The maximum atomic E-state index is 3.61. The van der Waals surface area contributed by atoms with E-state index in [9.17, 15) is 0 Å². The Bertz CT molecular complexity index is 375. The molecule has 1 saturated heterocycles. The molecule has 2 heteroatoms. The standard InChI is InChI=1S/C15H22BrN/c1-12-4-3-8-17(9-7-12)15-6-5-13(2)10-14(15)11-16/h5-6,10,12H,3-4,7-9,11H2,1-2H3. The molecule has 1 atom stereocenters. The van der Waals surface area contributed by atoms with Crippen molar-refractivity contribution in [2.75, 3.05) is 18.0 Å². The third-order valence-corrected chi connectivity index (χ3v) is 4.34. The monoisotopic (exact) mass is 295 g/mol. The van der Waals surface area contributed by atoms with E-state index in [0.29, 0.717) is 0 Å². The average molecular weight is 296 g/mol. The predicted molar refractivity (Wildman–Crippen MR) is 79.0 cm³/mol. The van der Waals surface area contributed by atoms with Gasteiger partial charge in [-0.15, -0.1) is 0 Å². The van der Waals surface area contributed by atoms with Crippen LogP contribution >= 0.6 is 15.9 Å². The van der Waals surface area contributed by atoms with Crippen LogP contribution in [-0.4, -0.2) is 13.1 Å². The minimum Gasteiger partial charge on any atom is -0.371 e. The first kappa shape index (κ1) is 12.9. The van der Waals surface area contributed by atoms with Crippen LogP contribution in [-0.2, 0) is 5.33 Å². The van der Waals surface area contributed by atoms with Gasteiger partial charge >= 0.3 is 0 Å². The fourth-order valence-corrected chi connectivity index (χ4v) is 3.08. The molecular weight excluding hydrogens is 274 g/mol. The van der Waals surface area contributed by atoms with E-state index in [-0.39, 0.29) is 0 Å². The summed E-state index contributed by atoms with van der Waals surface area (Å²) in [7, 11) is 0. The van der Waals surface area contributed by atoms with E-state index >= 15 is 0 Å². The van der Waals surface area contributed by atoms with Crippen LogP contribution in [0, 0.1) is 12.8 Å². The van der Waals surface area contributed by atoms with Crippen LogP contribution in [0.5, 0.6) is 0 Å². The first-order chi connectivity index (χ1) is 8.20. The van der Waals surface area contributed by atoms with Gasteiger partial charge in [-0.3, -0.25) is 0 Å². The molecule has 1 fully saturated rings. The molecular formula is C15H22BrN. The molecule has 0 amide bonds. The van der Waals surface area contributed by atoms with Crippen molar-refractivity contribution in [3.05, 3.63) is 29.3 Å². The Morgan fingerprint density at radius 3 is 2.88 bits per heavy atom. The number of anilines is 1. The SMILES string of the molecule is Cc1ccc(N2CCCC(C)CC2)c(CBr)c1. The van der Waals surface area contributed by atoms with Crippen LogP contribution in [0.2, 0.25) is 0 Å². The zero-order valence-electron chi connectivity index (χ0n) is 10.9. The van der Waals surface area contributed by atoms with Crippen molar-refractivity contribution in [1.82, 2.24) is 0 Å². The largest absolute Gasteiger partial charge is 0.371 e. The molecule has 0 radical (unpaired) electrons. The van der Waals surface area contributed by atoms with Crippen molar-refractivity contribution in [1.29, 1.82) is 0 Å². The van der Waals surface area contributed by atoms with Crippen molar-refractivity contribution in [2.24, 2.45) is 5.92 Å². The summed E-state index contributed by atoms with van der Waals surface area (Å²) in [6.07, 6.45) is 4.04. The van der Waals surface area contributed by atoms with Gasteiger partial charge in [-0.05, 0) is 43.7 Å². The minimum absolute atomic E-state index is 0.887. The Kier molecular flexibility index (Phi) is 4.49. The first-order valence-corrected chi connectivity index (χ1v) is 7.73. The van der Waals surface area contributed by atoms with Crippen LogP contribution < -0.4 is 4.90 Å². The van der Waals surface area contributed by atoms with Crippen LogP contribution in [0.25, 0.3) is 0 Å². The summed E-state index contributed by atoms with van der Waals surface area (Å²) in [6, 6.07) is 6.83. The van der Waals surface area contributed by atoms with Crippen molar-refractivity contribution in [2.45, 2.75) is 38.4 Å². The maximum Gasteiger partial charge on any atom is 0.0407 e. The highest BCUT2D eigenvalue weighted by molar-refractivity contribution is 9.08. The van der Waals surface area contributed by atoms with Gasteiger partial charge in [-0.25, -0.2) is 0 Å². The van der Waals surface area contributed by atoms with Crippen molar-refractivity contribution in [3.63, 3.8) is 0 Å². The molecule has 2 rings (SSSR count). The number of halogens is 1. The molecule has 1 unspecified atom stereocenters. The number of benzene rings is 1. The highest BCUT2D eigenvalue weighted by Gasteiger charge is 2.16. The van der Waals surface area contributed by atoms with E-state index in [1.54, 1.807) is 0 Å². The molecule has 1 aliphatic rings. The predicted octanol–water partition coefficient (Wildman–Crippen LogP) is 4.52. The van der Waals surface area contributed by atoms with E-state index in [1.165, 1.54) is 49.2 Å². The molecule has 0 bridgehead atoms. The number of rotatable bonds is 2. The number of aryl methyl sites for hydroxylation is 1. The molecule has 1 aromatic rings. The van der Waals surface area contributed by atoms with Gasteiger partial charge in [0.2, 0.25) is 0 Å². The molecule has 94 valence electrons. The average Bonchev–Trinajstić information content (AvgIpc) is 2.54. The highest BCUT2D eigenvalue weighted by Crippen LogP contribution is 2.27. The summed E-state index contributed by atoms with van der Waals surface area (Å²) in [5.74, 6) is 0.887. The first-order valence-electron chi connectivity index (χ1n) is 6.61. The number of alkyl halides is 1. The number of hydrogen-bond donors (Lipinski definition) is 0. The summed E-state index contributed by atoms with van der Waals surface area (Å²) >= 11 is 3.61. The van der Waals surface area contributed by atoms with Gasteiger partial charge < -0.3 is 4.90 Å². The molecule has 0 N–H and O–H groups in total. The smallest absolute Gasteiger partial charge is 0.0407 e. The maximum absolute atomic E-state index is 3.61. The summed E-state index contributed by atoms with van der Waals surface area (Å²) in [4.78, 5) is 2.57. The normalized spacial score (nSPS) is 21.4. The van der Waals surface area contributed by atoms with Crippen molar-refractivity contribution < 1.29 is 0 Å². The summed E-state index contributed by atoms with van der Waals surface area (Å²) in [6.45, 7) is 6.97. The van der Waals surface area contributed by atoms with Gasteiger partial charge in [-0.2, -0.15) is 0 Å². The third-order valence-electron chi connectivity index (χ3n) is 3.74. The van der Waals surface area contributed by atoms with E-state index in [2.05, 4.69) is 52.9 Å². The minimum atomic E-state index is 0.887.